The summed E-state index contributed by atoms with van der Waals surface area (Å²) in [5, 5.41) is 12.0. The molecule has 0 aliphatic heterocycles. The van der Waals surface area contributed by atoms with Gasteiger partial charge in [0.05, 0.1) is 5.73 Å². The molecule has 0 amide bonds. The van der Waals surface area contributed by atoms with Crippen LogP contribution in [0.25, 0.3) is 0 Å². The number of benzene rings is 2. The van der Waals surface area contributed by atoms with Gasteiger partial charge in [-0.1, -0.05) is 82.7 Å². The Morgan fingerprint density at radius 1 is 0.944 bits per heavy atom. The minimum atomic E-state index is -1.93. The highest BCUT2D eigenvalue weighted by atomic mass is 79.9. The number of hydrogen-bond acceptors (Lipinski definition) is 1. The van der Waals surface area contributed by atoms with Gasteiger partial charge in [-0.15, -0.1) is 0 Å². The normalized spacial score (nSPS) is 13.3. The highest BCUT2D eigenvalue weighted by Crippen LogP contribution is 2.29. The molecule has 2 rings (SSSR count). The van der Waals surface area contributed by atoms with E-state index in [0.717, 1.165) is 10.0 Å². The third kappa shape index (κ3) is 2.58. The Hall–Kier alpha value is -0.903. The molecule has 0 fully saturated rings. The van der Waals surface area contributed by atoms with Gasteiger partial charge < -0.3 is 5.11 Å². The lowest BCUT2D eigenvalue weighted by atomic mass is 10.2. The SMILES string of the molecule is C[Si](C)(c1ccccc1)[C@@H](O)c1ccccc1Br. The largest absolute Gasteiger partial charge is 0.391 e. The van der Waals surface area contributed by atoms with Crippen molar-refractivity contribution in [2.45, 2.75) is 18.8 Å². The van der Waals surface area contributed by atoms with Crippen LogP contribution in [0.5, 0.6) is 0 Å². The summed E-state index contributed by atoms with van der Waals surface area (Å²) in [6, 6.07) is 18.2. The second-order valence-corrected chi connectivity index (χ2v) is 10.4. The van der Waals surface area contributed by atoms with Crippen LogP contribution in [0.15, 0.2) is 59.1 Å². The Balaban J connectivity index is 2.39. The quantitative estimate of drug-likeness (QED) is 0.856. The molecule has 94 valence electrons. The summed E-state index contributed by atoms with van der Waals surface area (Å²) in [5.74, 6) is 0. The standard InChI is InChI=1S/C15H17BrOSi/c1-18(2,12-8-4-3-5-9-12)15(17)13-10-6-7-11-14(13)16/h3-11,15,17H,1-2H3/t15-/m1/s1. The third-order valence-corrected chi connectivity index (χ3v) is 7.62. The zero-order valence-electron chi connectivity index (χ0n) is 10.6. The van der Waals surface area contributed by atoms with Gasteiger partial charge in [0.1, 0.15) is 8.07 Å². The molecule has 0 aliphatic rings. The number of aliphatic hydroxyl groups is 1. The highest BCUT2D eigenvalue weighted by Gasteiger charge is 2.34. The van der Waals surface area contributed by atoms with E-state index >= 15 is 0 Å². The molecule has 0 saturated heterocycles. The van der Waals surface area contributed by atoms with E-state index in [0.29, 0.717) is 0 Å². The molecule has 18 heavy (non-hydrogen) atoms. The highest BCUT2D eigenvalue weighted by molar-refractivity contribution is 9.10. The topological polar surface area (TPSA) is 20.2 Å². The summed E-state index contributed by atoms with van der Waals surface area (Å²) in [6.07, 6.45) is 0. The predicted molar refractivity (Wildman–Crippen MR) is 82.7 cm³/mol. The van der Waals surface area contributed by atoms with E-state index in [4.69, 9.17) is 0 Å². The van der Waals surface area contributed by atoms with Crippen LogP contribution in [0.1, 0.15) is 11.3 Å². The molecular formula is C15H17BrOSi. The smallest absolute Gasteiger partial charge is 0.118 e. The molecule has 0 aromatic heterocycles. The average molecular weight is 321 g/mol. The molecule has 0 unspecified atom stereocenters. The zero-order chi connectivity index (χ0) is 13.2. The van der Waals surface area contributed by atoms with E-state index in [1.165, 1.54) is 5.19 Å². The first-order valence-corrected chi connectivity index (χ1v) is 9.88. The Labute approximate surface area is 118 Å². The maximum absolute atomic E-state index is 10.7. The molecule has 0 bridgehead atoms. The first-order valence-electron chi connectivity index (χ1n) is 6.01. The minimum Gasteiger partial charge on any atom is -0.391 e. The molecule has 1 atom stereocenters. The van der Waals surface area contributed by atoms with Gasteiger partial charge in [-0.05, 0) is 11.6 Å². The van der Waals surface area contributed by atoms with E-state index in [9.17, 15) is 5.11 Å². The lowest BCUT2D eigenvalue weighted by Crippen LogP contribution is -2.47. The summed E-state index contributed by atoms with van der Waals surface area (Å²) < 4.78 is 0.981. The van der Waals surface area contributed by atoms with E-state index in [2.05, 4.69) is 41.2 Å². The molecule has 0 radical (unpaired) electrons. The Morgan fingerprint density at radius 3 is 2.11 bits per heavy atom. The fourth-order valence-corrected chi connectivity index (χ4v) is 5.22. The number of hydrogen-bond donors (Lipinski definition) is 1. The van der Waals surface area contributed by atoms with Crippen LogP contribution in [0.4, 0.5) is 0 Å². The van der Waals surface area contributed by atoms with Crippen molar-refractivity contribution < 1.29 is 5.11 Å². The van der Waals surface area contributed by atoms with Crippen molar-refractivity contribution in [3.8, 4) is 0 Å². The molecule has 0 spiro atoms. The van der Waals surface area contributed by atoms with Gasteiger partial charge in [0.15, 0.2) is 0 Å². The van der Waals surface area contributed by atoms with Crippen molar-refractivity contribution in [2.24, 2.45) is 0 Å². The number of aliphatic hydroxyl groups excluding tert-OH is 1. The second-order valence-electron chi connectivity index (χ2n) is 5.01. The van der Waals surface area contributed by atoms with Crippen LogP contribution in [-0.4, -0.2) is 13.2 Å². The van der Waals surface area contributed by atoms with E-state index < -0.39 is 13.8 Å². The van der Waals surface area contributed by atoms with Crippen LogP contribution >= 0.6 is 15.9 Å². The summed E-state index contributed by atoms with van der Waals surface area (Å²) >= 11 is 3.52. The molecule has 3 heteroatoms. The summed E-state index contributed by atoms with van der Waals surface area (Å²) in [5.41, 5.74) is 0.577. The van der Waals surface area contributed by atoms with E-state index in [1.54, 1.807) is 0 Å². The van der Waals surface area contributed by atoms with Crippen molar-refractivity contribution in [3.63, 3.8) is 0 Å². The fraction of sp³-hybridized carbons (Fsp3) is 0.200. The van der Waals surface area contributed by atoms with Gasteiger partial charge in [0.2, 0.25) is 0 Å². The van der Waals surface area contributed by atoms with Gasteiger partial charge in [-0.2, -0.15) is 0 Å². The Morgan fingerprint density at radius 2 is 1.50 bits per heavy atom. The van der Waals surface area contributed by atoms with Gasteiger partial charge in [-0.25, -0.2) is 0 Å². The van der Waals surface area contributed by atoms with Crippen molar-refractivity contribution in [1.82, 2.24) is 0 Å². The van der Waals surface area contributed by atoms with E-state index in [-0.39, 0.29) is 0 Å². The summed E-state index contributed by atoms with van der Waals surface area (Å²) in [4.78, 5) is 0. The van der Waals surface area contributed by atoms with Crippen LogP contribution in [0, 0.1) is 0 Å². The molecule has 0 heterocycles. The molecule has 2 aromatic rings. The molecule has 2 aromatic carbocycles. The second kappa shape index (κ2) is 5.39. The Bertz CT molecular complexity index is 525. The van der Waals surface area contributed by atoms with Crippen molar-refractivity contribution >= 4 is 29.2 Å². The molecule has 1 nitrogen and oxygen atoms in total. The van der Waals surface area contributed by atoms with Crippen LogP contribution in [-0.2, 0) is 0 Å². The Kier molecular flexibility index (Phi) is 4.05. The molecule has 0 aliphatic carbocycles. The number of halogens is 1. The van der Waals surface area contributed by atoms with Crippen LogP contribution in [0.2, 0.25) is 13.1 Å². The average Bonchev–Trinajstić information content (AvgIpc) is 2.39. The summed E-state index contributed by atoms with van der Waals surface area (Å²) in [7, 11) is -1.93. The van der Waals surface area contributed by atoms with Crippen LogP contribution in [0.3, 0.4) is 0 Å². The fourth-order valence-electron chi connectivity index (χ4n) is 2.11. The van der Waals surface area contributed by atoms with E-state index in [1.807, 2.05) is 42.5 Å². The van der Waals surface area contributed by atoms with Crippen molar-refractivity contribution in [2.75, 3.05) is 0 Å². The lowest BCUT2D eigenvalue weighted by molar-refractivity contribution is 0.250. The predicted octanol–water partition coefficient (Wildman–Crippen LogP) is 3.64. The van der Waals surface area contributed by atoms with Gasteiger partial charge >= 0.3 is 0 Å². The van der Waals surface area contributed by atoms with Crippen molar-refractivity contribution in [1.29, 1.82) is 0 Å². The number of rotatable bonds is 3. The maximum Gasteiger partial charge on any atom is 0.118 e. The zero-order valence-corrected chi connectivity index (χ0v) is 13.2. The first kappa shape index (κ1) is 13.5. The minimum absolute atomic E-state index is 0.407. The molecule has 0 saturated carbocycles. The third-order valence-electron chi connectivity index (χ3n) is 3.40. The lowest BCUT2D eigenvalue weighted by Gasteiger charge is -2.30. The van der Waals surface area contributed by atoms with Gasteiger partial charge in [0, 0.05) is 4.47 Å². The van der Waals surface area contributed by atoms with Crippen LogP contribution < -0.4 is 5.19 Å². The summed E-state index contributed by atoms with van der Waals surface area (Å²) in [6.45, 7) is 4.40. The van der Waals surface area contributed by atoms with Gasteiger partial charge in [-0.3, -0.25) is 0 Å². The maximum atomic E-state index is 10.7. The molecule has 1 N–H and O–H groups in total. The van der Waals surface area contributed by atoms with Gasteiger partial charge in [0.25, 0.3) is 0 Å². The monoisotopic (exact) mass is 320 g/mol. The first-order chi connectivity index (χ1) is 8.53. The van der Waals surface area contributed by atoms with Crippen molar-refractivity contribution in [3.05, 3.63) is 64.6 Å². The molecular weight excluding hydrogens is 304 g/mol.